The van der Waals surface area contributed by atoms with Crippen molar-refractivity contribution < 1.29 is 4.74 Å². The van der Waals surface area contributed by atoms with Crippen LogP contribution in [0.5, 0.6) is 0 Å². The van der Waals surface area contributed by atoms with Gasteiger partial charge in [-0.05, 0) is 25.8 Å². The van der Waals surface area contributed by atoms with Crippen LogP contribution in [0.3, 0.4) is 0 Å². The molecule has 0 unspecified atom stereocenters. The first-order valence-electron chi connectivity index (χ1n) is 6.11. The van der Waals surface area contributed by atoms with Gasteiger partial charge < -0.3 is 14.6 Å². The lowest BCUT2D eigenvalue weighted by Gasteiger charge is -2.22. The molecule has 1 aromatic rings. The summed E-state index contributed by atoms with van der Waals surface area (Å²) in [5, 5.41) is 3.14. The second kappa shape index (κ2) is 6.01. The molecule has 4 nitrogen and oxygen atoms in total. The van der Waals surface area contributed by atoms with E-state index in [1.165, 1.54) is 18.5 Å². The molecule has 1 fully saturated rings. The van der Waals surface area contributed by atoms with Crippen LogP contribution in [-0.2, 0) is 17.7 Å². The molecule has 2 heterocycles. The Hall–Kier alpha value is -0.870. The van der Waals surface area contributed by atoms with Gasteiger partial charge in [-0.2, -0.15) is 0 Å². The van der Waals surface area contributed by atoms with E-state index in [9.17, 15) is 0 Å². The van der Waals surface area contributed by atoms with Crippen LogP contribution >= 0.6 is 0 Å². The predicted molar refractivity (Wildman–Crippen MR) is 63.4 cm³/mol. The molecule has 90 valence electrons. The Morgan fingerprint density at radius 2 is 2.31 bits per heavy atom. The summed E-state index contributed by atoms with van der Waals surface area (Å²) in [4.78, 5) is 4.41. The van der Waals surface area contributed by atoms with Crippen LogP contribution < -0.4 is 5.32 Å². The van der Waals surface area contributed by atoms with Crippen molar-refractivity contribution in [2.75, 3.05) is 26.8 Å². The minimum atomic E-state index is 0.764. The molecule has 0 radical (unpaired) electrons. The Labute approximate surface area is 97.0 Å². The van der Waals surface area contributed by atoms with Crippen molar-refractivity contribution in [1.29, 1.82) is 0 Å². The third kappa shape index (κ3) is 3.32. The summed E-state index contributed by atoms with van der Waals surface area (Å²) in [5.74, 6) is 0.764. The van der Waals surface area contributed by atoms with Gasteiger partial charge in [0.05, 0.1) is 12.0 Å². The minimum Gasteiger partial charge on any atom is -0.381 e. The molecular weight excluding hydrogens is 202 g/mol. The highest BCUT2D eigenvalue weighted by molar-refractivity contribution is 4.97. The quantitative estimate of drug-likeness (QED) is 0.811. The molecule has 0 bridgehead atoms. The van der Waals surface area contributed by atoms with E-state index < -0.39 is 0 Å². The van der Waals surface area contributed by atoms with E-state index in [4.69, 9.17) is 4.74 Å². The minimum absolute atomic E-state index is 0.764. The fourth-order valence-electron chi connectivity index (χ4n) is 2.12. The first kappa shape index (κ1) is 11.6. The number of rotatable bonds is 5. The van der Waals surface area contributed by atoms with E-state index >= 15 is 0 Å². The number of nitrogens with one attached hydrogen (secondary N) is 1. The monoisotopic (exact) mass is 223 g/mol. The molecule has 0 aromatic carbocycles. The smallest absolute Gasteiger partial charge is 0.0949 e. The molecule has 0 saturated carbocycles. The van der Waals surface area contributed by atoms with Crippen molar-refractivity contribution in [3.05, 3.63) is 18.2 Å². The van der Waals surface area contributed by atoms with Crippen LogP contribution in [0.4, 0.5) is 0 Å². The van der Waals surface area contributed by atoms with E-state index in [0.29, 0.717) is 0 Å². The Bertz CT molecular complexity index is 305. The maximum absolute atomic E-state index is 5.36. The molecular formula is C12H21N3O. The third-order valence-corrected chi connectivity index (χ3v) is 3.13. The van der Waals surface area contributed by atoms with E-state index in [1.807, 2.05) is 13.4 Å². The van der Waals surface area contributed by atoms with Gasteiger partial charge in [0.2, 0.25) is 0 Å². The summed E-state index contributed by atoms with van der Waals surface area (Å²) in [7, 11) is 1.97. The lowest BCUT2D eigenvalue weighted by atomic mass is 10.0. The second-order valence-electron chi connectivity index (χ2n) is 4.47. The SMILES string of the molecule is CNCCc1cn(CC2CCOCC2)cn1. The Morgan fingerprint density at radius 1 is 1.50 bits per heavy atom. The van der Waals surface area contributed by atoms with Gasteiger partial charge in [0.1, 0.15) is 0 Å². The van der Waals surface area contributed by atoms with Crippen molar-refractivity contribution in [1.82, 2.24) is 14.9 Å². The van der Waals surface area contributed by atoms with E-state index in [0.717, 1.165) is 38.6 Å². The number of ether oxygens (including phenoxy) is 1. The average molecular weight is 223 g/mol. The zero-order chi connectivity index (χ0) is 11.2. The summed E-state index contributed by atoms with van der Waals surface area (Å²) in [6, 6.07) is 0. The van der Waals surface area contributed by atoms with Gasteiger partial charge in [0.25, 0.3) is 0 Å². The Morgan fingerprint density at radius 3 is 3.06 bits per heavy atom. The maximum atomic E-state index is 5.36. The van der Waals surface area contributed by atoms with E-state index in [2.05, 4.69) is 21.1 Å². The van der Waals surface area contributed by atoms with Gasteiger partial charge in [0.15, 0.2) is 0 Å². The second-order valence-corrected chi connectivity index (χ2v) is 4.47. The standard InChI is InChI=1S/C12H21N3O/c1-13-5-2-12-9-15(10-14-12)8-11-3-6-16-7-4-11/h9-11,13H,2-8H2,1H3. The molecule has 1 aromatic heterocycles. The molecule has 16 heavy (non-hydrogen) atoms. The fraction of sp³-hybridized carbons (Fsp3) is 0.750. The third-order valence-electron chi connectivity index (χ3n) is 3.13. The maximum Gasteiger partial charge on any atom is 0.0949 e. The van der Waals surface area contributed by atoms with Crippen LogP contribution in [0, 0.1) is 5.92 Å². The molecule has 0 spiro atoms. The summed E-state index contributed by atoms with van der Waals surface area (Å²) in [6.07, 6.45) is 7.51. The molecule has 1 saturated heterocycles. The molecule has 0 aliphatic carbocycles. The van der Waals surface area contributed by atoms with Crippen LogP contribution in [0.2, 0.25) is 0 Å². The topological polar surface area (TPSA) is 39.1 Å². The molecule has 0 atom stereocenters. The van der Waals surface area contributed by atoms with Crippen LogP contribution in [0.1, 0.15) is 18.5 Å². The Kier molecular flexibility index (Phi) is 4.36. The van der Waals surface area contributed by atoms with Gasteiger partial charge in [-0.1, -0.05) is 0 Å². The number of nitrogens with zero attached hydrogens (tertiary/aromatic N) is 2. The highest BCUT2D eigenvalue weighted by Gasteiger charge is 2.14. The summed E-state index contributed by atoms with van der Waals surface area (Å²) >= 11 is 0. The molecule has 2 rings (SSSR count). The van der Waals surface area contributed by atoms with Crippen LogP contribution in [0.25, 0.3) is 0 Å². The van der Waals surface area contributed by atoms with Gasteiger partial charge in [-0.15, -0.1) is 0 Å². The average Bonchev–Trinajstić information content (AvgIpc) is 2.75. The lowest BCUT2D eigenvalue weighted by molar-refractivity contribution is 0.0612. The molecule has 0 amide bonds. The van der Waals surface area contributed by atoms with Crippen molar-refractivity contribution in [2.24, 2.45) is 5.92 Å². The van der Waals surface area contributed by atoms with Gasteiger partial charge in [-0.25, -0.2) is 4.98 Å². The fourth-order valence-corrected chi connectivity index (χ4v) is 2.12. The van der Waals surface area contributed by atoms with Gasteiger partial charge in [-0.3, -0.25) is 0 Å². The summed E-state index contributed by atoms with van der Waals surface area (Å²) in [6.45, 7) is 3.93. The summed E-state index contributed by atoms with van der Waals surface area (Å²) in [5.41, 5.74) is 1.18. The molecule has 4 heteroatoms. The highest BCUT2D eigenvalue weighted by Crippen LogP contribution is 2.16. The number of aromatic nitrogens is 2. The Balaban J connectivity index is 1.81. The predicted octanol–water partition coefficient (Wildman–Crippen LogP) is 1.07. The highest BCUT2D eigenvalue weighted by atomic mass is 16.5. The molecule has 1 aliphatic rings. The van der Waals surface area contributed by atoms with Crippen LogP contribution in [-0.4, -0.2) is 36.4 Å². The van der Waals surface area contributed by atoms with Crippen molar-refractivity contribution >= 4 is 0 Å². The van der Waals surface area contributed by atoms with Crippen LogP contribution in [0.15, 0.2) is 12.5 Å². The molecule has 1 N–H and O–H groups in total. The van der Waals surface area contributed by atoms with E-state index in [-0.39, 0.29) is 0 Å². The first-order valence-corrected chi connectivity index (χ1v) is 6.11. The number of hydrogen-bond acceptors (Lipinski definition) is 3. The van der Waals surface area contributed by atoms with Crippen molar-refractivity contribution in [3.8, 4) is 0 Å². The summed E-state index contributed by atoms with van der Waals surface area (Å²) < 4.78 is 7.59. The number of likely N-dealkylation sites (N-methyl/N-ethyl adjacent to an activating group) is 1. The first-order chi connectivity index (χ1) is 7.88. The van der Waals surface area contributed by atoms with Gasteiger partial charge in [0, 0.05) is 38.9 Å². The molecule has 1 aliphatic heterocycles. The largest absolute Gasteiger partial charge is 0.381 e. The van der Waals surface area contributed by atoms with Crippen molar-refractivity contribution in [2.45, 2.75) is 25.8 Å². The van der Waals surface area contributed by atoms with E-state index in [1.54, 1.807) is 0 Å². The van der Waals surface area contributed by atoms with Crippen molar-refractivity contribution in [3.63, 3.8) is 0 Å². The lowest BCUT2D eigenvalue weighted by Crippen LogP contribution is -2.19. The number of hydrogen-bond donors (Lipinski definition) is 1. The van der Waals surface area contributed by atoms with Gasteiger partial charge >= 0.3 is 0 Å². The zero-order valence-electron chi connectivity index (χ0n) is 9.98. The zero-order valence-corrected chi connectivity index (χ0v) is 9.98. The number of imidazole rings is 1. The normalized spacial score (nSPS) is 17.8.